The number of thiophene rings is 1. The van der Waals surface area contributed by atoms with Gasteiger partial charge in [0.05, 0.1) is 6.04 Å². The van der Waals surface area contributed by atoms with Gasteiger partial charge < -0.3 is 16.4 Å². The zero-order chi connectivity index (χ0) is 20.2. The smallest absolute Gasteiger partial charge is 0.312 e. The van der Waals surface area contributed by atoms with E-state index in [1.54, 1.807) is 23.5 Å². The lowest BCUT2D eigenvalue weighted by Crippen LogP contribution is -2.29. The van der Waals surface area contributed by atoms with Gasteiger partial charge in [0.2, 0.25) is 0 Å². The number of urea groups is 1. The van der Waals surface area contributed by atoms with Gasteiger partial charge in [-0.15, -0.1) is 11.3 Å². The fraction of sp³-hybridized carbons (Fsp3) is 0.217. The number of carbonyl (C=O) groups is 2. The lowest BCUT2D eigenvalue weighted by molar-refractivity contribution is 0.0943. The number of aryl methyl sites for hydroxylation is 2. The maximum Gasteiger partial charge on any atom is 0.312 e. The number of amides is 3. The Labute approximate surface area is 173 Å². The fourth-order valence-electron chi connectivity index (χ4n) is 3.72. The second kappa shape index (κ2) is 8.49. The molecule has 1 heterocycles. The molecule has 0 aliphatic heterocycles. The van der Waals surface area contributed by atoms with E-state index in [0.717, 1.165) is 28.8 Å². The van der Waals surface area contributed by atoms with Crippen LogP contribution in [0.4, 0.5) is 4.79 Å². The zero-order valence-electron chi connectivity index (χ0n) is 16.0. The Bertz CT molecular complexity index is 1010. The van der Waals surface area contributed by atoms with Crippen LogP contribution in [0.5, 0.6) is 0 Å². The minimum Gasteiger partial charge on any atom is -0.352 e. The number of hydrogen-bond donors (Lipinski definition) is 3. The summed E-state index contributed by atoms with van der Waals surface area (Å²) < 4.78 is 0. The summed E-state index contributed by atoms with van der Waals surface area (Å²) in [5.74, 6) is -0.127. The van der Waals surface area contributed by atoms with Gasteiger partial charge in [0.15, 0.2) is 0 Å². The third-order valence-corrected chi connectivity index (χ3v) is 6.18. The molecule has 0 spiro atoms. The van der Waals surface area contributed by atoms with E-state index in [2.05, 4.69) is 34.9 Å². The first-order valence-corrected chi connectivity index (χ1v) is 10.6. The molecule has 5 nitrogen and oxygen atoms in total. The maximum atomic E-state index is 12.9. The van der Waals surface area contributed by atoms with Crippen molar-refractivity contribution < 1.29 is 9.59 Å². The van der Waals surface area contributed by atoms with E-state index >= 15 is 0 Å². The highest BCUT2D eigenvalue weighted by Gasteiger charge is 2.21. The molecule has 0 saturated heterocycles. The van der Waals surface area contributed by atoms with Gasteiger partial charge in [-0.2, -0.15) is 0 Å². The Balaban J connectivity index is 1.53. The number of primary amides is 1. The first kappa shape index (κ1) is 19.2. The summed E-state index contributed by atoms with van der Waals surface area (Å²) in [7, 11) is 0. The van der Waals surface area contributed by atoms with Crippen molar-refractivity contribution in [3.8, 4) is 0 Å². The highest BCUT2D eigenvalue weighted by Crippen LogP contribution is 2.30. The number of rotatable bonds is 6. The van der Waals surface area contributed by atoms with E-state index in [1.807, 2.05) is 23.6 Å². The van der Waals surface area contributed by atoms with Crippen molar-refractivity contribution in [3.05, 3.63) is 92.7 Å². The fourth-order valence-corrected chi connectivity index (χ4v) is 4.53. The molecule has 29 heavy (non-hydrogen) atoms. The summed E-state index contributed by atoms with van der Waals surface area (Å²) >= 11 is 1.64. The molecule has 4 N–H and O–H groups in total. The van der Waals surface area contributed by atoms with E-state index in [0.29, 0.717) is 12.1 Å². The first-order valence-electron chi connectivity index (χ1n) is 9.68. The average molecular weight is 406 g/mol. The Kier molecular flexibility index (Phi) is 5.62. The van der Waals surface area contributed by atoms with Crippen LogP contribution < -0.4 is 16.4 Å². The normalized spacial score (nSPS) is 13.5. The topological polar surface area (TPSA) is 84.2 Å². The SMILES string of the molecule is NC(=O)NCc1ccc(C(=O)NC(c2ccc3c(c2)CCC3)c2cccs2)cc1. The van der Waals surface area contributed by atoms with Gasteiger partial charge in [0.25, 0.3) is 5.91 Å². The molecule has 0 radical (unpaired) electrons. The quantitative estimate of drug-likeness (QED) is 0.581. The van der Waals surface area contributed by atoms with Crippen molar-refractivity contribution in [3.63, 3.8) is 0 Å². The monoisotopic (exact) mass is 405 g/mol. The summed E-state index contributed by atoms with van der Waals surface area (Å²) in [6.45, 7) is 0.337. The van der Waals surface area contributed by atoms with Gasteiger partial charge in [-0.1, -0.05) is 36.4 Å². The van der Waals surface area contributed by atoms with Crippen LogP contribution in [0.2, 0.25) is 0 Å². The van der Waals surface area contributed by atoms with Gasteiger partial charge in [-0.3, -0.25) is 4.79 Å². The Morgan fingerprint density at radius 1 is 1.03 bits per heavy atom. The van der Waals surface area contributed by atoms with Crippen molar-refractivity contribution >= 4 is 23.3 Å². The predicted octanol–water partition coefficient (Wildman–Crippen LogP) is 3.92. The molecule has 4 rings (SSSR count). The number of fused-ring (bicyclic) bond motifs is 1. The number of benzene rings is 2. The molecule has 0 saturated carbocycles. The van der Waals surface area contributed by atoms with E-state index in [4.69, 9.17) is 5.73 Å². The molecule has 1 aliphatic carbocycles. The molecular weight excluding hydrogens is 382 g/mol. The number of hydrogen-bond acceptors (Lipinski definition) is 3. The number of nitrogens with two attached hydrogens (primary N) is 1. The number of carbonyl (C=O) groups excluding carboxylic acids is 2. The molecule has 1 aliphatic rings. The summed E-state index contributed by atoms with van der Waals surface area (Å²) in [5, 5.41) is 7.77. The van der Waals surface area contributed by atoms with Crippen molar-refractivity contribution in [2.24, 2.45) is 5.73 Å². The van der Waals surface area contributed by atoms with E-state index in [9.17, 15) is 9.59 Å². The molecule has 1 unspecified atom stereocenters. The van der Waals surface area contributed by atoms with Crippen molar-refractivity contribution in [2.45, 2.75) is 31.8 Å². The largest absolute Gasteiger partial charge is 0.352 e. The van der Waals surface area contributed by atoms with Crippen LogP contribution in [0.15, 0.2) is 60.0 Å². The molecule has 0 bridgehead atoms. The molecule has 1 atom stereocenters. The van der Waals surface area contributed by atoms with Gasteiger partial charge in [-0.25, -0.2) is 4.79 Å². The highest BCUT2D eigenvalue weighted by atomic mass is 32.1. The molecule has 0 fully saturated rings. The summed E-state index contributed by atoms with van der Waals surface area (Å²) in [6, 6.07) is 17.1. The Morgan fingerprint density at radius 3 is 2.55 bits per heavy atom. The average Bonchev–Trinajstić information content (AvgIpc) is 3.42. The standard InChI is InChI=1S/C23H23N3O2S/c24-23(28)25-14-15-6-8-17(9-7-15)22(27)26-21(20-5-2-12-29-20)19-11-10-16-3-1-4-18(16)13-19/h2,5-13,21H,1,3-4,14H2,(H,26,27)(H3,24,25,28). The Morgan fingerprint density at radius 2 is 1.83 bits per heavy atom. The van der Waals surface area contributed by atoms with Crippen LogP contribution in [0.1, 0.15) is 50.0 Å². The molecule has 3 amide bonds. The van der Waals surface area contributed by atoms with Crippen LogP contribution in [0, 0.1) is 0 Å². The molecular formula is C23H23N3O2S. The van der Waals surface area contributed by atoms with Gasteiger partial charge in [0.1, 0.15) is 0 Å². The minimum absolute atomic E-state index is 0.127. The van der Waals surface area contributed by atoms with Crippen molar-refractivity contribution in [2.75, 3.05) is 0 Å². The molecule has 1 aromatic heterocycles. The lowest BCUT2D eigenvalue weighted by Gasteiger charge is -2.19. The highest BCUT2D eigenvalue weighted by molar-refractivity contribution is 7.10. The van der Waals surface area contributed by atoms with E-state index in [1.165, 1.54) is 17.5 Å². The van der Waals surface area contributed by atoms with Crippen molar-refractivity contribution in [1.29, 1.82) is 0 Å². The molecule has 2 aromatic carbocycles. The van der Waals surface area contributed by atoms with Gasteiger partial charge >= 0.3 is 6.03 Å². The van der Waals surface area contributed by atoms with Crippen LogP contribution in [0.3, 0.4) is 0 Å². The Hall–Kier alpha value is -3.12. The molecule has 148 valence electrons. The van der Waals surface area contributed by atoms with Crippen LogP contribution in [0.25, 0.3) is 0 Å². The van der Waals surface area contributed by atoms with Crippen molar-refractivity contribution in [1.82, 2.24) is 10.6 Å². The summed E-state index contributed by atoms with van der Waals surface area (Å²) in [4.78, 5) is 24.9. The number of nitrogens with one attached hydrogen (secondary N) is 2. The minimum atomic E-state index is -0.569. The van der Waals surface area contributed by atoms with Crippen LogP contribution in [-0.4, -0.2) is 11.9 Å². The third kappa shape index (κ3) is 4.49. The van der Waals surface area contributed by atoms with Gasteiger partial charge in [0, 0.05) is 17.0 Å². The zero-order valence-corrected chi connectivity index (χ0v) is 16.8. The van der Waals surface area contributed by atoms with E-state index in [-0.39, 0.29) is 11.9 Å². The second-order valence-corrected chi connectivity index (χ2v) is 8.20. The third-order valence-electron chi connectivity index (χ3n) is 5.24. The summed E-state index contributed by atoms with van der Waals surface area (Å²) in [6.07, 6.45) is 3.45. The molecule has 3 aromatic rings. The maximum absolute atomic E-state index is 12.9. The van der Waals surface area contributed by atoms with Crippen LogP contribution >= 0.6 is 11.3 Å². The predicted molar refractivity (Wildman–Crippen MR) is 115 cm³/mol. The van der Waals surface area contributed by atoms with E-state index < -0.39 is 6.03 Å². The second-order valence-electron chi connectivity index (χ2n) is 7.22. The summed E-state index contributed by atoms with van der Waals surface area (Å²) in [5.41, 5.74) is 10.5. The van der Waals surface area contributed by atoms with Crippen LogP contribution in [-0.2, 0) is 19.4 Å². The van der Waals surface area contributed by atoms with Gasteiger partial charge in [-0.05, 0) is 65.1 Å². The molecule has 6 heteroatoms. The first-order chi connectivity index (χ1) is 14.1. The lowest BCUT2D eigenvalue weighted by atomic mass is 9.99.